The molecule has 1 saturated carbocycles. The fourth-order valence-corrected chi connectivity index (χ4v) is 4.46. The first-order valence-electron chi connectivity index (χ1n) is 8.46. The minimum Gasteiger partial charge on any atom is -0.274 e. The van der Waals surface area contributed by atoms with E-state index >= 15 is 0 Å². The molecule has 6 heteroatoms. The Morgan fingerprint density at radius 3 is 2.28 bits per heavy atom. The van der Waals surface area contributed by atoms with Crippen LogP contribution in [0.3, 0.4) is 0 Å². The number of carbonyl (C=O) groups excluding carboxylic acids is 2. The predicted molar refractivity (Wildman–Crippen MR) is 87.9 cm³/mol. The van der Waals surface area contributed by atoms with E-state index in [0.29, 0.717) is 12.4 Å². The van der Waals surface area contributed by atoms with Crippen LogP contribution in [0.1, 0.15) is 12.0 Å². The van der Waals surface area contributed by atoms with E-state index < -0.39 is 0 Å². The van der Waals surface area contributed by atoms with Crippen molar-refractivity contribution in [1.82, 2.24) is 9.78 Å². The molecule has 2 aliphatic carbocycles. The highest BCUT2D eigenvalue weighted by Gasteiger charge is 2.59. The maximum Gasteiger partial charge on any atom is 0.239 e. The average Bonchev–Trinajstić information content (AvgIpc) is 3.35. The highest BCUT2D eigenvalue weighted by molar-refractivity contribution is 6.22. The fraction of sp³-hybridized carbons (Fsp3) is 0.316. The molecule has 2 aromatic rings. The van der Waals surface area contributed by atoms with Gasteiger partial charge >= 0.3 is 0 Å². The second-order valence-electron chi connectivity index (χ2n) is 7.01. The normalized spacial score (nSPS) is 29.7. The monoisotopic (exact) mass is 337 g/mol. The summed E-state index contributed by atoms with van der Waals surface area (Å²) < 4.78 is 14.6. The Balaban J connectivity index is 1.40. The number of fused-ring (bicyclic) bond motifs is 5. The topological polar surface area (TPSA) is 55.2 Å². The van der Waals surface area contributed by atoms with Crippen LogP contribution in [0, 0.1) is 29.5 Å². The van der Waals surface area contributed by atoms with Gasteiger partial charge in [-0.15, -0.1) is 0 Å². The number of carbonyl (C=O) groups is 2. The van der Waals surface area contributed by atoms with E-state index in [0.717, 1.165) is 12.0 Å². The third-order valence-corrected chi connectivity index (χ3v) is 5.58. The zero-order valence-corrected chi connectivity index (χ0v) is 13.4. The maximum absolute atomic E-state index is 13.0. The number of hydrogen-bond donors (Lipinski definition) is 0. The van der Waals surface area contributed by atoms with Crippen molar-refractivity contribution in [3.8, 4) is 0 Å². The summed E-state index contributed by atoms with van der Waals surface area (Å²) in [6, 6.07) is 7.87. The minimum atomic E-state index is -0.284. The second kappa shape index (κ2) is 5.12. The molecule has 2 heterocycles. The number of hydrogen-bond acceptors (Lipinski definition) is 3. The smallest absolute Gasteiger partial charge is 0.239 e. The molecule has 25 heavy (non-hydrogen) atoms. The van der Waals surface area contributed by atoms with Crippen molar-refractivity contribution in [3.63, 3.8) is 0 Å². The van der Waals surface area contributed by atoms with Gasteiger partial charge in [0, 0.05) is 12.3 Å². The highest BCUT2D eigenvalue weighted by Crippen LogP contribution is 2.52. The summed E-state index contributed by atoms with van der Waals surface area (Å²) in [6.07, 6.45) is 6.81. The fourth-order valence-electron chi connectivity index (χ4n) is 4.46. The zero-order valence-electron chi connectivity index (χ0n) is 13.4. The summed E-state index contributed by atoms with van der Waals surface area (Å²) in [6.45, 7) is 0.455. The molecule has 126 valence electrons. The van der Waals surface area contributed by atoms with E-state index in [1.165, 1.54) is 17.0 Å². The minimum absolute atomic E-state index is 0.126. The van der Waals surface area contributed by atoms with Gasteiger partial charge in [-0.3, -0.25) is 14.3 Å². The van der Waals surface area contributed by atoms with E-state index in [4.69, 9.17) is 0 Å². The quantitative estimate of drug-likeness (QED) is 0.638. The molecule has 0 spiro atoms. The number of aromatic nitrogens is 2. The van der Waals surface area contributed by atoms with Gasteiger partial charge in [0.1, 0.15) is 5.82 Å². The van der Waals surface area contributed by atoms with E-state index in [1.54, 1.807) is 29.1 Å². The molecule has 0 unspecified atom stereocenters. The Kier molecular flexibility index (Phi) is 2.98. The average molecular weight is 337 g/mol. The molecule has 2 amide bonds. The van der Waals surface area contributed by atoms with E-state index in [-0.39, 0.29) is 41.3 Å². The van der Waals surface area contributed by atoms with Crippen LogP contribution in [-0.2, 0) is 16.1 Å². The lowest BCUT2D eigenvalue weighted by molar-refractivity contribution is -0.123. The summed E-state index contributed by atoms with van der Waals surface area (Å²) in [5.74, 6) is -0.207. The largest absolute Gasteiger partial charge is 0.274 e. The number of nitrogens with zero attached hydrogens (tertiary/aromatic N) is 3. The van der Waals surface area contributed by atoms with Crippen molar-refractivity contribution in [1.29, 1.82) is 0 Å². The molecule has 5 rings (SSSR count). The van der Waals surface area contributed by atoms with Crippen LogP contribution in [0.2, 0.25) is 0 Å². The predicted octanol–water partition coefficient (Wildman–Crippen LogP) is 2.38. The van der Waals surface area contributed by atoms with Gasteiger partial charge in [0.2, 0.25) is 11.8 Å². The summed E-state index contributed by atoms with van der Waals surface area (Å²) in [5, 5.41) is 4.40. The van der Waals surface area contributed by atoms with E-state index in [2.05, 4.69) is 17.3 Å². The standard InChI is InChI=1S/C19H16FN3O2/c20-14-5-1-11(2-6-14)10-22-8-7-15(21-22)23-18(24)16-12-3-4-13(9-12)17(16)19(23)25/h1-8,12-13,16-17H,9-10H2/t12-,13-,16-,17+/m0/s1. The van der Waals surface area contributed by atoms with Crippen LogP contribution in [0.25, 0.3) is 0 Å². The van der Waals surface area contributed by atoms with Crippen molar-refractivity contribution in [2.75, 3.05) is 4.90 Å². The maximum atomic E-state index is 13.0. The first kappa shape index (κ1) is 14.6. The summed E-state index contributed by atoms with van der Waals surface area (Å²) in [4.78, 5) is 26.8. The Morgan fingerprint density at radius 2 is 1.64 bits per heavy atom. The van der Waals surface area contributed by atoms with Crippen LogP contribution in [0.15, 0.2) is 48.7 Å². The Labute approximate surface area is 143 Å². The number of benzene rings is 1. The molecular weight excluding hydrogens is 321 g/mol. The molecule has 1 saturated heterocycles. The molecule has 2 bridgehead atoms. The van der Waals surface area contributed by atoms with Gasteiger partial charge in [-0.2, -0.15) is 5.10 Å². The Morgan fingerprint density at radius 1 is 1.00 bits per heavy atom. The van der Waals surface area contributed by atoms with Gasteiger partial charge in [0.15, 0.2) is 5.82 Å². The lowest BCUT2D eigenvalue weighted by atomic mass is 9.85. The van der Waals surface area contributed by atoms with E-state index in [9.17, 15) is 14.0 Å². The molecule has 1 aliphatic heterocycles. The lowest BCUT2D eigenvalue weighted by Gasteiger charge is -2.14. The van der Waals surface area contributed by atoms with Gasteiger partial charge in [-0.25, -0.2) is 9.29 Å². The van der Waals surface area contributed by atoms with Crippen molar-refractivity contribution in [3.05, 3.63) is 60.1 Å². The summed E-state index contributed by atoms with van der Waals surface area (Å²) >= 11 is 0. The van der Waals surface area contributed by atoms with Crippen molar-refractivity contribution in [2.24, 2.45) is 23.7 Å². The van der Waals surface area contributed by atoms with Crippen LogP contribution in [0.4, 0.5) is 10.2 Å². The molecule has 0 N–H and O–H groups in total. The van der Waals surface area contributed by atoms with Gasteiger partial charge in [0.05, 0.1) is 18.4 Å². The van der Waals surface area contributed by atoms with Crippen molar-refractivity contribution in [2.45, 2.75) is 13.0 Å². The molecular formula is C19H16FN3O2. The number of amides is 2. The zero-order chi connectivity index (χ0) is 17.1. The van der Waals surface area contributed by atoms with E-state index in [1.807, 2.05) is 0 Å². The molecule has 1 aromatic carbocycles. The van der Waals surface area contributed by atoms with Gasteiger partial charge in [0.25, 0.3) is 0 Å². The van der Waals surface area contributed by atoms with Crippen LogP contribution < -0.4 is 4.90 Å². The Bertz CT molecular complexity index is 872. The van der Waals surface area contributed by atoms with Crippen LogP contribution in [-0.4, -0.2) is 21.6 Å². The number of rotatable bonds is 3. The third kappa shape index (κ3) is 2.10. The lowest BCUT2D eigenvalue weighted by Crippen LogP contribution is -2.33. The van der Waals surface area contributed by atoms with Crippen LogP contribution >= 0.6 is 0 Å². The van der Waals surface area contributed by atoms with Gasteiger partial charge in [-0.05, 0) is 36.0 Å². The van der Waals surface area contributed by atoms with Gasteiger partial charge in [-0.1, -0.05) is 24.3 Å². The van der Waals surface area contributed by atoms with Crippen molar-refractivity contribution >= 4 is 17.6 Å². The van der Waals surface area contributed by atoms with Gasteiger partial charge < -0.3 is 0 Å². The third-order valence-electron chi connectivity index (χ3n) is 5.58. The first-order chi connectivity index (χ1) is 12.1. The molecule has 4 atom stereocenters. The number of halogens is 1. The first-order valence-corrected chi connectivity index (χ1v) is 8.46. The Hall–Kier alpha value is -2.76. The molecule has 5 nitrogen and oxygen atoms in total. The highest BCUT2D eigenvalue weighted by atomic mass is 19.1. The number of anilines is 1. The van der Waals surface area contributed by atoms with Crippen molar-refractivity contribution < 1.29 is 14.0 Å². The molecule has 0 radical (unpaired) electrons. The molecule has 2 fully saturated rings. The summed E-state index contributed by atoms with van der Waals surface area (Å²) in [5.41, 5.74) is 0.897. The molecule has 3 aliphatic rings. The number of allylic oxidation sites excluding steroid dienone is 2. The summed E-state index contributed by atoms with van der Waals surface area (Å²) in [7, 11) is 0. The SMILES string of the molecule is O=C1[C@@H]2[C@H](C(=O)N1c1ccn(Cc3ccc(F)cc3)n1)[C@H]1C=C[C@H]2C1. The van der Waals surface area contributed by atoms with Crippen LogP contribution in [0.5, 0.6) is 0 Å². The number of imide groups is 1. The molecule has 1 aromatic heterocycles. The second-order valence-corrected chi connectivity index (χ2v) is 7.01.